The van der Waals surface area contributed by atoms with Gasteiger partial charge in [-0.2, -0.15) is 0 Å². The highest BCUT2D eigenvalue weighted by Gasteiger charge is 2.47. The molecular formula is C39H77NO6. The second kappa shape index (κ2) is 31.5. The smallest absolute Gasteiger partial charge is 0.320 e. The lowest BCUT2D eigenvalue weighted by molar-refractivity contribution is -0.184. The number of nitrogens with zero attached hydrogens (tertiary/aromatic N) is 1. The predicted octanol–water partition coefficient (Wildman–Crippen LogP) is 10.0. The van der Waals surface area contributed by atoms with Crippen molar-refractivity contribution in [2.75, 3.05) is 47.1 Å². The highest BCUT2D eigenvalue weighted by atomic mass is 16.7. The van der Waals surface area contributed by atoms with Crippen molar-refractivity contribution < 1.29 is 28.5 Å². The lowest BCUT2D eigenvalue weighted by atomic mass is 10.1. The number of rotatable bonds is 34. The van der Waals surface area contributed by atoms with E-state index in [0.717, 1.165) is 19.3 Å². The average molecular weight is 656 g/mol. The van der Waals surface area contributed by atoms with Gasteiger partial charge in [-0.15, -0.1) is 0 Å². The Morgan fingerprint density at radius 3 is 1.30 bits per heavy atom. The Kier molecular flexibility index (Phi) is 29.7. The molecular weight excluding hydrogens is 578 g/mol. The van der Waals surface area contributed by atoms with E-state index in [1.165, 1.54) is 135 Å². The molecule has 1 aliphatic rings. The minimum absolute atomic E-state index is 0.157. The molecule has 1 saturated heterocycles. The molecule has 1 aliphatic heterocycles. The third-order valence-electron chi connectivity index (χ3n) is 9.02. The fourth-order valence-electron chi connectivity index (χ4n) is 6.16. The Morgan fingerprint density at radius 1 is 0.522 bits per heavy atom. The van der Waals surface area contributed by atoms with E-state index in [1.807, 2.05) is 19.0 Å². The second-order valence-corrected chi connectivity index (χ2v) is 13.9. The van der Waals surface area contributed by atoms with Crippen LogP contribution in [-0.2, 0) is 28.5 Å². The van der Waals surface area contributed by atoms with Crippen molar-refractivity contribution in [3.63, 3.8) is 0 Å². The SMILES string of the molecule is CCCCCCCCCCO[C@@H]1O[C@H](COC(=O)CN(C)C)[C@H](OCCCCCCCCCC)[C@@H]1OCCCCCCCCCC. The maximum absolute atomic E-state index is 12.4. The van der Waals surface area contributed by atoms with Crippen molar-refractivity contribution in [3.05, 3.63) is 0 Å². The van der Waals surface area contributed by atoms with Gasteiger partial charge in [0.15, 0.2) is 6.29 Å². The highest BCUT2D eigenvalue weighted by molar-refractivity contribution is 5.71. The van der Waals surface area contributed by atoms with Gasteiger partial charge in [0.2, 0.25) is 0 Å². The normalized spacial score (nSPS) is 19.8. The molecule has 1 rings (SSSR count). The summed E-state index contributed by atoms with van der Waals surface area (Å²) in [6.45, 7) is 9.17. The Labute approximate surface area is 285 Å². The summed E-state index contributed by atoms with van der Waals surface area (Å²) in [5.41, 5.74) is 0. The predicted molar refractivity (Wildman–Crippen MR) is 191 cm³/mol. The second-order valence-electron chi connectivity index (χ2n) is 13.9. The molecule has 1 heterocycles. The molecule has 0 bridgehead atoms. The molecule has 0 amide bonds. The monoisotopic (exact) mass is 656 g/mol. The Bertz CT molecular complexity index is 662. The molecule has 0 aromatic rings. The highest BCUT2D eigenvalue weighted by Crippen LogP contribution is 2.29. The fraction of sp³-hybridized carbons (Fsp3) is 0.974. The van der Waals surface area contributed by atoms with Crippen LogP contribution in [0.15, 0.2) is 0 Å². The van der Waals surface area contributed by atoms with Gasteiger partial charge >= 0.3 is 5.97 Å². The molecule has 0 radical (unpaired) electrons. The molecule has 46 heavy (non-hydrogen) atoms. The van der Waals surface area contributed by atoms with Crippen molar-refractivity contribution in [1.29, 1.82) is 0 Å². The van der Waals surface area contributed by atoms with Crippen LogP contribution in [0.25, 0.3) is 0 Å². The van der Waals surface area contributed by atoms with Crippen LogP contribution in [0, 0.1) is 0 Å². The van der Waals surface area contributed by atoms with Crippen LogP contribution in [-0.4, -0.2) is 82.5 Å². The zero-order valence-electron chi connectivity index (χ0n) is 31.2. The molecule has 0 aliphatic carbocycles. The van der Waals surface area contributed by atoms with E-state index in [-0.39, 0.29) is 31.3 Å². The maximum Gasteiger partial charge on any atom is 0.320 e. The summed E-state index contributed by atoms with van der Waals surface area (Å²) in [5.74, 6) is -0.255. The maximum atomic E-state index is 12.4. The van der Waals surface area contributed by atoms with Crippen LogP contribution in [0.5, 0.6) is 0 Å². The van der Waals surface area contributed by atoms with Crippen molar-refractivity contribution in [1.82, 2.24) is 4.90 Å². The van der Waals surface area contributed by atoms with Gasteiger partial charge in [0, 0.05) is 19.8 Å². The first kappa shape index (κ1) is 43.3. The van der Waals surface area contributed by atoms with Gasteiger partial charge in [-0.25, -0.2) is 0 Å². The standard InChI is InChI=1S/C39H77NO6/c1-6-9-12-15-18-21-24-27-30-42-37-35(34-45-36(41)33-40(4)5)46-39(44-32-29-26-23-20-17-14-11-8-3)38(37)43-31-28-25-22-19-16-13-10-7-2/h35,37-39H,6-34H2,1-5H3/t35-,37+,38+,39-/m1/s1. The first-order valence-corrected chi connectivity index (χ1v) is 19.8. The van der Waals surface area contributed by atoms with E-state index < -0.39 is 12.4 Å². The number of unbranched alkanes of at least 4 members (excludes halogenated alkanes) is 21. The van der Waals surface area contributed by atoms with Crippen LogP contribution in [0.1, 0.15) is 175 Å². The third kappa shape index (κ3) is 23.6. The van der Waals surface area contributed by atoms with Gasteiger partial charge in [-0.1, -0.05) is 156 Å². The van der Waals surface area contributed by atoms with E-state index in [2.05, 4.69) is 20.8 Å². The summed E-state index contributed by atoms with van der Waals surface area (Å²) >= 11 is 0. The van der Waals surface area contributed by atoms with E-state index in [9.17, 15) is 4.79 Å². The number of carbonyl (C=O) groups excluding carboxylic acids is 1. The van der Waals surface area contributed by atoms with Gasteiger partial charge in [0.05, 0.1) is 6.54 Å². The zero-order chi connectivity index (χ0) is 33.5. The van der Waals surface area contributed by atoms with E-state index in [1.54, 1.807) is 0 Å². The largest absolute Gasteiger partial charge is 0.462 e. The van der Waals surface area contributed by atoms with Gasteiger partial charge in [0.1, 0.15) is 24.9 Å². The van der Waals surface area contributed by atoms with Gasteiger partial charge in [0.25, 0.3) is 0 Å². The number of ether oxygens (including phenoxy) is 5. The first-order chi connectivity index (χ1) is 22.5. The summed E-state index contributed by atoms with van der Waals surface area (Å²) in [7, 11) is 3.74. The molecule has 4 atom stereocenters. The Morgan fingerprint density at radius 2 is 0.891 bits per heavy atom. The number of likely N-dealkylation sites (N-methyl/N-ethyl adjacent to an activating group) is 1. The molecule has 274 valence electrons. The van der Waals surface area contributed by atoms with E-state index in [4.69, 9.17) is 23.7 Å². The Hall–Kier alpha value is -0.730. The summed E-state index contributed by atoms with van der Waals surface area (Å²) in [5, 5.41) is 0. The van der Waals surface area contributed by atoms with Crippen LogP contribution in [0.2, 0.25) is 0 Å². The van der Waals surface area contributed by atoms with Crippen LogP contribution >= 0.6 is 0 Å². The van der Waals surface area contributed by atoms with Gasteiger partial charge in [-0.05, 0) is 33.4 Å². The number of esters is 1. The van der Waals surface area contributed by atoms with Crippen LogP contribution < -0.4 is 0 Å². The summed E-state index contributed by atoms with van der Waals surface area (Å²) in [6, 6.07) is 0. The van der Waals surface area contributed by atoms with Crippen molar-refractivity contribution in [2.24, 2.45) is 0 Å². The van der Waals surface area contributed by atoms with Crippen molar-refractivity contribution in [2.45, 2.75) is 199 Å². The van der Waals surface area contributed by atoms with E-state index in [0.29, 0.717) is 19.8 Å². The zero-order valence-corrected chi connectivity index (χ0v) is 31.2. The summed E-state index contributed by atoms with van der Waals surface area (Å²) in [4.78, 5) is 14.2. The minimum atomic E-state index is -0.500. The molecule has 0 aromatic heterocycles. The molecule has 0 aromatic carbocycles. The van der Waals surface area contributed by atoms with Crippen molar-refractivity contribution in [3.8, 4) is 0 Å². The average Bonchev–Trinajstić information content (AvgIpc) is 3.36. The summed E-state index contributed by atoms with van der Waals surface area (Å²) in [6.07, 6.45) is 28.7. The third-order valence-corrected chi connectivity index (χ3v) is 9.02. The molecule has 0 N–H and O–H groups in total. The molecule has 7 heteroatoms. The van der Waals surface area contributed by atoms with Crippen LogP contribution in [0.4, 0.5) is 0 Å². The molecule has 0 spiro atoms. The van der Waals surface area contributed by atoms with Crippen LogP contribution in [0.3, 0.4) is 0 Å². The lowest BCUT2D eigenvalue weighted by Crippen LogP contribution is -2.40. The van der Waals surface area contributed by atoms with Gasteiger partial charge < -0.3 is 23.7 Å². The molecule has 0 saturated carbocycles. The van der Waals surface area contributed by atoms with Gasteiger partial charge in [-0.3, -0.25) is 9.69 Å². The van der Waals surface area contributed by atoms with E-state index >= 15 is 0 Å². The lowest BCUT2D eigenvalue weighted by Gasteiger charge is -2.25. The minimum Gasteiger partial charge on any atom is -0.462 e. The summed E-state index contributed by atoms with van der Waals surface area (Å²) < 4.78 is 31.4. The fourth-order valence-corrected chi connectivity index (χ4v) is 6.16. The Balaban J connectivity index is 2.69. The van der Waals surface area contributed by atoms with Crippen molar-refractivity contribution >= 4 is 5.97 Å². The first-order valence-electron chi connectivity index (χ1n) is 19.8. The molecule has 0 unspecified atom stereocenters. The number of carbonyl (C=O) groups is 1. The number of hydrogen-bond acceptors (Lipinski definition) is 7. The number of hydrogen-bond donors (Lipinski definition) is 0. The quantitative estimate of drug-likeness (QED) is 0.0505. The topological polar surface area (TPSA) is 66.5 Å². The molecule has 7 nitrogen and oxygen atoms in total. The molecule has 1 fully saturated rings.